The molecule has 0 saturated carbocycles. The number of nitro groups is 1. The number of nitrogens with one attached hydrogen (secondary N) is 1. The van der Waals surface area contributed by atoms with Crippen molar-refractivity contribution >= 4 is 45.5 Å². The molecule has 1 aliphatic heterocycles. The van der Waals surface area contributed by atoms with Crippen molar-refractivity contribution in [2.75, 3.05) is 32.4 Å². The van der Waals surface area contributed by atoms with E-state index in [1.54, 1.807) is 33.0 Å². The number of hydrogen-bond acceptors (Lipinski definition) is 5. The van der Waals surface area contributed by atoms with Crippen molar-refractivity contribution in [2.24, 2.45) is 4.99 Å². The van der Waals surface area contributed by atoms with Gasteiger partial charge in [-0.15, -0.1) is 24.0 Å². The SMILES string of the molecule is CN=C(NCCc1ccc([N+](=O)[O-])cc1)N1CCS(=O)(=O)C(C)(C)C1.I. The number of hydrogen-bond donors (Lipinski definition) is 1. The number of halogens is 1. The predicted molar refractivity (Wildman–Crippen MR) is 113 cm³/mol. The molecule has 1 saturated heterocycles. The minimum absolute atomic E-state index is 0. The van der Waals surface area contributed by atoms with E-state index in [1.165, 1.54) is 12.1 Å². The normalized spacial score (nSPS) is 18.7. The Morgan fingerprint density at radius 3 is 2.46 bits per heavy atom. The highest BCUT2D eigenvalue weighted by molar-refractivity contribution is 14.0. The zero-order valence-electron chi connectivity index (χ0n) is 15.1. The van der Waals surface area contributed by atoms with Crippen LogP contribution in [0, 0.1) is 10.1 Å². The molecule has 0 spiro atoms. The standard InChI is InChI=1S/C16H24N4O4S.HI/c1-16(2)12-19(10-11-25(16,23)24)15(17-3)18-9-8-13-4-6-14(7-5-13)20(21)22;/h4-7H,8-12H2,1-3H3,(H,17,18);1H. The van der Waals surface area contributed by atoms with E-state index >= 15 is 0 Å². The van der Waals surface area contributed by atoms with E-state index in [4.69, 9.17) is 0 Å². The summed E-state index contributed by atoms with van der Waals surface area (Å²) in [4.78, 5) is 16.4. The van der Waals surface area contributed by atoms with Gasteiger partial charge in [0, 0.05) is 38.8 Å². The Bertz CT molecular complexity index is 763. The number of guanidine groups is 1. The second-order valence-corrected chi connectivity index (χ2v) is 9.39. The molecule has 0 amide bonds. The van der Waals surface area contributed by atoms with Crippen molar-refractivity contribution in [2.45, 2.75) is 25.0 Å². The lowest BCUT2D eigenvalue weighted by Gasteiger charge is -2.39. The molecule has 1 N–H and O–H groups in total. The second kappa shape index (κ2) is 8.98. The molecule has 0 aliphatic carbocycles. The summed E-state index contributed by atoms with van der Waals surface area (Å²) in [6.07, 6.45) is 0.687. The Labute approximate surface area is 171 Å². The van der Waals surface area contributed by atoms with Crippen LogP contribution in [-0.2, 0) is 16.3 Å². The molecule has 1 aromatic carbocycles. The number of nitrogens with zero attached hydrogens (tertiary/aromatic N) is 3. The van der Waals surface area contributed by atoms with E-state index in [-0.39, 0.29) is 35.4 Å². The first-order chi connectivity index (χ1) is 11.7. The first-order valence-corrected chi connectivity index (χ1v) is 9.73. The van der Waals surface area contributed by atoms with E-state index in [0.717, 1.165) is 5.56 Å². The van der Waals surface area contributed by atoms with Crippen LogP contribution in [0.4, 0.5) is 5.69 Å². The van der Waals surface area contributed by atoms with Gasteiger partial charge in [0.15, 0.2) is 15.8 Å². The van der Waals surface area contributed by atoms with Crippen LogP contribution in [0.25, 0.3) is 0 Å². The quantitative estimate of drug-likeness (QED) is 0.224. The molecule has 10 heteroatoms. The third-order valence-electron chi connectivity index (χ3n) is 4.40. The summed E-state index contributed by atoms with van der Waals surface area (Å²) in [7, 11) is -1.42. The first-order valence-electron chi connectivity index (χ1n) is 8.07. The molecule has 0 radical (unpaired) electrons. The summed E-state index contributed by atoms with van der Waals surface area (Å²) >= 11 is 0. The fraction of sp³-hybridized carbons (Fsp3) is 0.562. The smallest absolute Gasteiger partial charge is 0.269 e. The van der Waals surface area contributed by atoms with Gasteiger partial charge in [-0.05, 0) is 25.8 Å². The van der Waals surface area contributed by atoms with Crippen LogP contribution in [0.3, 0.4) is 0 Å². The predicted octanol–water partition coefficient (Wildman–Crippen LogP) is 1.84. The minimum atomic E-state index is -3.09. The lowest BCUT2D eigenvalue weighted by molar-refractivity contribution is -0.384. The van der Waals surface area contributed by atoms with Gasteiger partial charge in [-0.3, -0.25) is 15.1 Å². The average molecular weight is 496 g/mol. The van der Waals surface area contributed by atoms with Crippen molar-refractivity contribution < 1.29 is 13.3 Å². The van der Waals surface area contributed by atoms with Crippen molar-refractivity contribution in [3.05, 3.63) is 39.9 Å². The number of rotatable bonds is 4. The lowest BCUT2D eigenvalue weighted by atomic mass is 10.1. The Kier molecular flexibility index (Phi) is 7.81. The number of sulfone groups is 1. The molecule has 0 aromatic heterocycles. The van der Waals surface area contributed by atoms with E-state index in [2.05, 4.69) is 10.3 Å². The maximum absolute atomic E-state index is 12.1. The summed E-state index contributed by atoms with van der Waals surface area (Å²) in [6.45, 7) is 4.89. The summed E-state index contributed by atoms with van der Waals surface area (Å²) < 4.78 is 23.4. The van der Waals surface area contributed by atoms with Gasteiger partial charge in [0.05, 0.1) is 15.4 Å². The molecule has 146 valence electrons. The van der Waals surface area contributed by atoms with Crippen LogP contribution in [0.15, 0.2) is 29.3 Å². The van der Waals surface area contributed by atoms with Crippen LogP contribution >= 0.6 is 24.0 Å². The van der Waals surface area contributed by atoms with E-state index in [9.17, 15) is 18.5 Å². The van der Waals surface area contributed by atoms with Crippen LogP contribution in [-0.4, -0.2) is 61.4 Å². The van der Waals surface area contributed by atoms with Gasteiger partial charge in [0.1, 0.15) is 0 Å². The third kappa shape index (κ3) is 5.29. The molecular formula is C16H25IN4O4S. The average Bonchev–Trinajstić information content (AvgIpc) is 2.55. The van der Waals surface area contributed by atoms with Gasteiger partial charge in [-0.2, -0.15) is 0 Å². The molecule has 0 unspecified atom stereocenters. The van der Waals surface area contributed by atoms with E-state index in [0.29, 0.717) is 32.0 Å². The Morgan fingerprint density at radius 1 is 1.35 bits per heavy atom. The first kappa shape index (κ1) is 22.6. The largest absolute Gasteiger partial charge is 0.356 e. The van der Waals surface area contributed by atoms with Crippen molar-refractivity contribution in [3.8, 4) is 0 Å². The zero-order valence-corrected chi connectivity index (χ0v) is 18.3. The van der Waals surface area contributed by atoms with Crippen LogP contribution in [0.5, 0.6) is 0 Å². The Morgan fingerprint density at radius 2 is 1.96 bits per heavy atom. The fourth-order valence-electron chi connectivity index (χ4n) is 2.76. The maximum Gasteiger partial charge on any atom is 0.269 e. The van der Waals surface area contributed by atoms with Crippen molar-refractivity contribution in [1.82, 2.24) is 10.2 Å². The van der Waals surface area contributed by atoms with Crippen molar-refractivity contribution in [1.29, 1.82) is 0 Å². The zero-order chi connectivity index (χ0) is 18.7. The van der Waals surface area contributed by atoms with E-state index < -0.39 is 19.5 Å². The molecule has 0 atom stereocenters. The van der Waals surface area contributed by atoms with E-state index in [1.807, 2.05) is 4.90 Å². The van der Waals surface area contributed by atoms with Gasteiger partial charge in [-0.1, -0.05) is 12.1 Å². The van der Waals surface area contributed by atoms with Crippen LogP contribution in [0.2, 0.25) is 0 Å². The highest BCUT2D eigenvalue weighted by Gasteiger charge is 2.40. The van der Waals surface area contributed by atoms with Gasteiger partial charge in [-0.25, -0.2) is 8.42 Å². The van der Waals surface area contributed by atoms with Crippen LogP contribution in [0.1, 0.15) is 19.4 Å². The molecule has 1 aromatic rings. The van der Waals surface area contributed by atoms with Gasteiger partial charge in [0.2, 0.25) is 0 Å². The summed E-state index contributed by atoms with van der Waals surface area (Å²) in [6, 6.07) is 6.45. The Balaban J connectivity index is 0.00000338. The number of aliphatic imine (C=N–C) groups is 1. The monoisotopic (exact) mass is 496 g/mol. The molecule has 1 aliphatic rings. The summed E-state index contributed by atoms with van der Waals surface area (Å²) in [5.74, 6) is 0.785. The van der Waals surface area contributed by atoms with Gasteiger partial charge >= 0.3 is 0 Å². The molecule has 1 fully saturated rings. The highest BCUT2D eigenvalue weighted by atomic mass is 127. The number of nitro benzene ring substituents is 1. The molecule has 2 rings (SSSR count). The minimum Gasteiger partial charge on any atom is -0.356 e. The molecule has 8 nitrogen and oxygen atoms in total. The lowest BCUT2D eigenvalue weighted by Crippen LogP contribution is -2.57. The second-order valence-electron chi connectivity index (χ2n) is 6.65. The maximum atomic E-state index is 12.1. The molecule has 1 heterocycles. The summed E-state index contributed by atoms with van der Waals surface area (Å²) in [5, 5.41) is 13.9. The van der Waals surface area contributed by atoms with Crippen LogP contribution < -0.4 is 5.32 Å². The third-order valence-corrected chi connectivity index (χ3v) is 6.93. The summed E-state index contributed by atoms with van der Waals surface area (Å²) in [5.41, 5.74) is 1.05. The highest BCUT2D eigenvalue weighted by Crippen LogP contribution is 2.23. The fourth-order valence-corrected chi connectivity index (χ4v) is 4.13. The topological polar surface area (TPSA) is 105 Å². The number of non-ortho nitro benzene ring substituents is 1. The molecular weight excluding hydrogens is 471 g/mol. The molecule has 26 heavy (non-hydrogen) atoms. The van der Waals surface area contributed by atoms with Gasteiger partial charge < -0.3 is 10.2 Å². The number of benzene rings is 1. The Hall–Kier alpha value is -1.43. The van der Waals surface area contributed by atoms with Gasteiger partial charge in [0.25, 0.3) is 5.69 Å². The molecule has 0 bridgehead atoms. The van der Waals surface area contributed by atoms with Crippen molar-refractivity contribution in [3.63, 3.8) is 0 Å².